The van der Waals surface area contributed by atoms with Crippen molar-refractivity contribution in [2.75, 3.05) is 13.1 Å². The second-order valence-electron chi connectivity index (χ2n) is 9.09. The average molecular weight is 471 g/mol. The third-order valence-electron chi connectivity index (χ3n) is 7.07. The van der Waals surface area contributed by atoms with Crippen molar-refractivity contribution in [3.8, 4) is 11.1 Å². The summed E-state index contributed by atoms with van der Waals surface area (Å²) in [6.07, 6.45) is 2.70. The van der Waals surface area contributed by atoms with E-state index in [1.807, 2.05) is 65.6 Å². The van der Waals surface area contributed by atoms with Gasteiger partial charge < -0.3 is 14.6 Å². The Labute approximate surface area is 202 Å². The molecule has 0 unspecified atom stereocenters. The number of benzene rings is 3. The average Bonchev–Trinajstić information content (AvgIpc) is 3.29. The highest BCUT2D eigenvalue weighted by Crippen LogP contribution is 2.50. The fourth-order valence-corrected chi connectivity index (χ4v) is 5.47. The predicted octanol–water partition coefficient (Wildman–Crippen LogP) is 5.64. The van der Waals surface area contributed by atoms with E-state index >= 15 is 0 Å². The molecule has 1 saturated carbocycles. The van der Waals surface area contributed by atoms with Gasteiger partial charge in [-0.25, -0.2) is 0 Å². The number of furan rings is 1. The molecule has 1 N–H and O–H groups in total. The second-order valence-corrected chi connectivity index (χ2v) is 9.52. The summed E-state index contributed by atoms with van der Waals surface area (Å²) in [6.45, 7) is 1.16. The van der Waals surface area contributed by atoms with E-state index in [0.29, 0.717) is 40.1 Å². The Morgan fingerprint density at radius 1 is 1.00 bits per heavy atom. The van der Waals surface area contributed by atoms with E-state index in [-0.39, 0.29) is 17.9 Å². The number of nitrogens with zero attached hydrogens (tertiary/aromatic N) is 1. The molecule has 1 aliphatic carbocycles. The fourth-order valence-electron chi connectivity index (χ4n) is 5.28. The second kappa shape index (κ2) is 8.33. The van der Waals surface area contributed by atoms with Gasteiger partial charge in [0.05, 0.1) is 17.9 Å². The Balaban J connectivity index is 1.23. The van der Waals surface area contributed by atoms with E-state index in [4.69, 9.17) is 16.0 Å². The molecule has 170 valence electrons. The number of nitrogens with one attached hydrogen (secondary N) is 1. The molecule has 2 amide bonds. The van der Waals surface area contributed by atoms with Crippen LogP contribution in [-0.4, -0.2) is 35.8 Å². The van der Waals surface area contributed by atoms with Crippen LogP contribution in [0.3, 0.4) is 0 Å². The van der Waals surface area contributed by atoms with Crippen molar-refractivity contribution in [3.05, 3.63) is 95.2 Å². The highest BCUT2D eigenvalue weighted by Gasteiger charge is 2.54. The SMILES string of the molecule is O=C(NC[C@@H]1[C@@H]2C[C@@H]2CN1C(=O)c1ccccc1-c1cccc(Cl)c1)c1cccc2occc12. The molecular weight excluding hydrogens is 448 g/mol. The Bertz CT molecular complexity index is 1410. The zero-order valence-corrected chi connectivity index (χ0v) is 19.2. The molecule has 4 aromatic rings. The van der Waals surface area contributed by atoms with Crippen LogP contribution in [0.1, 0.15) is 27.1 Å². The van der Waals surface area contributed by atoms with Crippen LogP contribution in [-0.2, 0) is 0 Å². The van der Waals surface area contributed by atoms with Crippen molar-refractivity contribution in [2.45, 2.75) is 12.5 Å². The largest absolute Gasteiger partial charge is 0.464 e. The molecule has 6 heteroatoms. The van der Waals surface area contributed by atoms with E-state index in [1.165, 1.54) is 0 Å². The number of fused-ring (bicyclic) bond motifs is 2. The van der Waals surface area contributed by atoms with Crippen LogP contribution in [0, 0.1) is 11.8 Å². The van der Waals surface area contributed by atoms with Crippen molar-refractivity contribution in [3.63, 3.8) is 0 Å². The normalized spacial score (nSPS) is 20.9. The van der Waals surface area contributed by atoms with Crippen molar-refractivity contribution >= 4 is 34.4 Å². The molecule has 6 rings (SSSR count). The lowest BCUT2D eigenvalue weighted by Gasteiger charge is -2.28. The van der Waals surface area contributed by atoms with Gasteiger partial charge >= 0.3 is 0 Å². The van der Waals surface area contributed by atoms with Crippen LogP contribution < -0.4 is 5.32 Å². The predicted molar refractivity (Wildman–Crippen MR) is 132 cm³/mol. The number of carbonyl (C=O) groups is 2. The summed E-state index contributed by atoms with van der Waals surface area (Å²) in [5.41, 5.74) is 3.71. The van der Waals surface area contributed by atoms with Crippen molar-refractivity contribution in [1.29, 1.82) is 0 Å². The minimum atomic E-state index is -0.150. The van der Waals surface area contributed by atoms with Gasteiger partial charge in [0.15, 0.2) is 0 Å². The van der Waals surface area contributed by atoms with Gasteiger partial charge in [-0.05, 0) is 65.8 Å². The number of halogens is 1. The highest BCUT2D eigenvalue weighted by atomic mass is 35.5. The number of hydrogen-bond acceptors (Lipinski definition) is 3. The molecule has 1 saturated heterocycles. The van der Waals surface area contributed by atoms with Crippen LogP contribution in [0.4, 0.5) is 0 Å². The number of carbonyl (C=O) groups excluding carboxylic acids is 2. The van der Waals surface area contributed by atoms with E-state index in [2.05, 4.69) is 5.32 Å². The molecule has 0 bridgehead atoms. The Morgan fingerprint density at radius 3 is 2.71 bits per heavy atom. The standard InChI is InChI=1S/C28H23ClN2O3/c29-19-6-3-5-17(13-19)20-7-1-2-8-23(20)28(33)31-16-18-14-24(18)25(31)15-30-27(32)22-9-4-10-26-21(22)11-12-34-26/h1-13,18,24-25H,14-16H2,(H,30,32)/t18-,24-,25-/m1/s1. The lowest BCUT2D eigenvalue weighted by molar-refractivity contribution is 0.0695. The molecule has 1 aliphatic heterocycles. The molecule has 3 aromatic carbocycles. The number of hydrogen-bond donors (Lipinski definition) is 1. The molecule has 1 aromatic heterocycles. The minimum Gasteiger partial charge on any atom is -0.464 e. The molecule has 0 radical (unpaired) electrons. The summed E-state index contributed by atoms with van der Waals surface area (Å²) in [5.74, 6) is 0.801. The summed E-state index contributed by atoms with van der Waals surface area (Å²) in [7, 11) is 0. The van der Waals surface area contributed by atoms with Gasteiger partial charge in [0.2, 0.25) is 0 Å². The van der Waals surface area contributed by atoms with Crippen LogP contribution in [0.15, 0.2) is 83.5 Å². The first kappa shape index (κ1) is 21.0. The molecule has 5 nitrogen and oxygen atoms in total. The van der Waals surface area contributed by atoms with Crippen LogP contribution in [0.25, 0.3) is 22.1 Å². The Hall–Kier alpha value is -3.57. The Kier molecular flexibility index (Phi) is 5.15. The van der Waals surface area contributed by atoms with Gasteiger partial charge in [-0.3, -0.25) is 9.59 Å². The number of piperidine rings is 1. The van der Waals surface area contributed by atoms with Gasteiger partial charge in [0.25, 0.3) is 11.8 Å². The molecule has 0 spiro atoms. The monoisotopic (exact) mass is 470 g/mol. The van der Waals surface area contributed by atoms with Crippen molar-refractivity contribution < 1.29 is 14.0 Å². The summed E-state index contributed by atoms with van der Waals surface area (Å²) >= 11 is 6.21. The molecule has 34 heavy (non-hydrogen) atoms. The lowest BCUT2D eigenvalue weighted by atomic mass is 9.98. The minimum absolute atomic E-state index is 0.000962. The van der Waals surface area contributed by atoms with E-state index < -0.39 is 0 Å². The Morgan fingerprint density at radius 2 is 1.82 bits per heavy atom. The van der Waals surface area contributed by atoms with Crippen LogP contribution >= 0.6 is 11.6 Å². The third-order valence-corrected chi connectivity index (χ3v) is 7.30. The third kappa shape index (κ3) is 3.66. The summed E-state index contributed by atoms with van der Waals surface area (Å²) < 4.78 is 5.42. The van der Waals surface area contributed by atoms with Crippen LogP contribution in [0.5, 0.6) is 0 Å². The number of rotatable bonds is 5. The summed E-state index contributed by atoms with van der Waals surface area (Å²) in [6, 6.07) is 22.5. The summed E-state index contributed by atoms with van der Waals surface area (Å²) in [4.78, 5) is 28.7. The first-order valence-electron chi connectivity index (χ1n) is 11.5. The molecular formula is C28H23ClN2O3. The summed E-state index contributed by atoms with van der Waals surface area (Å²) in [5, 5.41) is 4.50. The smallest absolute Gasteiger partial charge is 0.254 e. The molecule has 2 fully saturated rings. The van der Waals surface area contributed by atoms with Crippen molar-refractivity contribution in [1.82, 2.24) is 10.2 Å². The van der Waals surface area contributed by atoms with Gasteiger partial charge in [0, 0.05) is 29.1 Å². The van der Waals surface area contributed by atoms with Gasteiger partial charge in [0.1, 0.15) is 5.58 Å². The molecule has 3 atom stereocenters. The lowest BCUT2D eigenvalue weighted by Crippen LogP contribution is -2.45. The quantitative estimate of drug-likeness (QED) is 0.410. The molecule has 2 heterocycles. The highest BCUT2D eigenvalue weighted by molar-refractivity contribution is 6.30. The fraction of sp³-hybridized carbons (Fsp3) is 0.214. The number of amides is 2. The van der Waals surface area contributed by atoms with Crippen LogP contribution in [0.2, 0.25) is 5.02 Å². The molecule has 2 aliphatic rings. The first-order chi connectivity index (χ1) is 16.6. The van der Waals surface area contributed by atoms with E-state index in [9.17, 15) is 9.59 Å². The maximum atomic E-state index is 13.7. The maximum absolute atomic E-state index is 13.7. The van der Waals surface area contributed by atoms with Crippen molar-refractivity contribution in [2.24, 2.45) is 11.8 Å². The zero-order chi connectivity index (χ0) is 23.2. The van der Waals surface area contributed by atoms with E-state index in [0.717, 1.165) is 29.5 Å². The first-order valence-corrected chi connectivity index (χ1v) is 11.9. The zero-order valence-electron chi connectivity index (χ0n) is 18.4. The van der Waals surface area contributed by atoms with Gasteiger partial charge in [-0.2, -0.15) is 0 Å². The number of likely N-dealkylation sites (tertiary alicyclic amines) is 1. The topological polar surface area (TPSA) is 62.6 Å². The van der Waals surface area contributed by atoms with E-state index in [1.54, 1.807) is 18.4 Å². The van der Waals surface area contributed by atoms with Gasteiger partial charge in [-0.1, -0.05) is 48.0 Å². The maximum Gasteiger partial charge on any atom is 0.254 e. The van der Waals surface area contributed by atoms with Gasteiger partial charge in [-0.15, -0.1) is 0 Å².